The Morgan fingerprint density at radius 2 is 1.22 bits per heavy atom. The minimum atomic E-state index is -1.91. The van der Waals surface area contributed by atoms with Gasteiger partial charge in [0.15, 0.2) is 25.0 Å². The molecule has 0 amide bonds. The molecule has 0 aromatic rings. The van der Waals surface area contributed by atoms with Gasteiger partial charge >= 0.3 is 5.97 Å². The van der Waals surface area contributed by atoms with Gasteiger partial charge in [-0.15, -0.1) is 0 Å². The van der Waals surface area contributed by atoms with Gasteiger partial charge in [-0.2, -0.15) is 0 Å². The van der Waals surface area contributed by atoms with Crippen molar-refractivity contribution in [2.75, 3.05) is 33.0 Å². The fourth-order valence-electron chi connectivity index (χ4n) is 16.2. The number of esters is 1. The predicted molar refractivity (Wildman–Crippen MR) is 255 cm³/mol. The zero-order chi connectivity index (χ0) is 55.6. The Kier molecular flexibility index (Phi) is 16.5. The summed E-state index contributed by atoms with van der Waals surface area (Å²) in [6.07, 6.45) is -28.2. The van der Waals surface area contributed by atoms with E-state index in [1.165, 1.54) is 6.92 Å². The molecule has 24 nitrogen and oxygen atoms in total. The van der Waals surface area contributed by atoms with Gasteiger partial charge < -0.3 is 114 Å². The van der Waals surface area contributed by atoms with E-state index in [1.54, 1.807) is 0 Å². The molecule has 15 N–H and O–H groups in total. The minimum Gasteiger partial charge on any atom is -0.432 e. The number of allylic oxidation sites excluding steroid dienone is 2. The van der Waals surface area contributed by atoms with E-state index in [0.29, 0.717) is 32.1 Å². The number of hydrogen-bond acceptors (Lipinski definition) is 24. The molecule has 0 aromatic carbocycles. The zero-order valence-corrected chi connectivity index (χ0v) is 44.0. The van der Waals surface area contributed by atoms with Crippen LogP contribution in [-0.4, -0.2) is 245 Å². The first-order valence-electron chi connectivity index (χ1n) is 27.0. The van der Waals surface area contributed by atoms with Gasteiger partial charge in [-0.25, -0.2) is 0 Å². The van der Waals surface area contributed by atoms with Crippen LogP contribution in [-0.2, 0) is 42.7 Å². The first-order valence-corrected chi connectivity index (χ1v) is 27.0. The fourth-order valence-corrected chi connectivity index (χ4v) is 16.2. The summed E-state index contributed by atoms with van der Waals surface area (Å²) in [5.74, 6) is -2.14. The van der Waals surface area contributed by atoms with E-state index >= 15 is 4.79 Å². The van der Waals surface area contributed by atoms with Crippen molar-refractivity contribution in [3.8, 4) is 0 Å². The average Bonchev–Trinajstić information content (AvgIpc) is 3.56. The van der Waals surface area contributed by atoms with Crippen LogP contribution in [0.15, 0.2) is 11.6 Å². The third-order valence-corrected chi connectivity index (χ3v) is 20.8. The molecule has 0 aromatic heterocycles. The van der Waals surface area contributed by atoms with E-state index in [1.807, 2.05) is 6.92 Å². The van der Waals surface area contributed by atoms with Crippen molar-refractivity contribution in [2.45, 2.75) is 222 Å². The molecule has 2 unspecified atom stereocenters. The molecule has 0 radical (unpaired) electrons. The Hall–Kier alpha value is -1.67. The van der Waals surface area contributed by atoms with E-state index in [4.69, 9.17) is 37.9 Å². The molecule has 4 heterocycles. The zero-order valence-electron chi connectivity index (χ0n) is 44.0. The van der Waals surface area contributed by atoms with Gasteiger partial charge in [-0.3, -0.25) is 4.79 Å². The lowest BCUT2D eigenvalue weighted by Gasteiger charge is -2.72. The minimum absolute atomic E-state index is 0.103. The second-order valence-electron chi connectivity index (χ2n) is 25.4. The normalized spacial score (nSPS) is 54.0. The third kappa shape index (κ3) is 9.17. The van der Waals surface area contributed by atoms with Crippen LogP contribution >= 0.6 is 0 Å². The number of hydrogen-bond donors (Lipinski definition) is 15. The van der Waals surface area contributed by atoms with Gasteiger partial charge in [0.2, 0.25) is 6.29 Å². The smallest absolute Gasteiger partial charge is 0.317 e. The summed E-state index contributed by atoms with van der Waals surface area (Å²) < 4.78 is 47.0. The van der Waals surface area contributed by atoms with Crippen molar-refractivity contribution < 1.29 is 119 Å². The highest BCUT2D eigenvalue weighted by Gasteiger charge is 2.74. The van der Waals surface area contributed by atoms with Crippen molar-refractivity contribution >= 4 is 5.97 Å². The highest BCUT2D eigenvalue weighted by molar-refractivity contribution is 5.80. The van der Waals surface area contributed by atoms with Crippen LogP contribution in [0, 0.1) is 50.2 Å². The molecule has 9 aliphatic rings. The summed E-state index contributed by atoms with van der Waals surface area (Å²) in [4.78, 5) is 15.3. The van der Waals surface area contributed by atoms with E-state index in [0.717, 1.165) is 5.57 Å². The number of carbonyl (C=O) groups excluding carboxylic acids is 1. The van der Waals surface area contributed by atoms with Gasteiger partial charge in [0, 0.05) is 5.41 Å². The maximum atomic E-state index is 15.3. The summed E-state index contributed by atoms with van der Waals surface area (Å²) in [5.41, 5.74) is -4.60. The molecule has 0 spiro atoms. The number of aliphatic hydroxyl groups excluding tert-OH is 15. The van der Waals surface area contributed by atoms with Crippen LogP contribution < -0.4 is 0 Å². The van der Waals surface area contributed by atoms with E-state index < -0.39 is 207 Å². The second-order valence-corrected chi connectivity index (χ2v) is 25.4. The molecule has 436 valence electrons. The van der Waals surface area contributed by atoms with Crippen LogP contribution in [0.3, 0.4) is 0 Å². The van der Waals surface area contributed by atoms with Crippen molar-refractivity contribution in [1.82, 2.24) is 0 Å². The number of carbonyl (C=O) groups is 1. The third-order valence-electron chi connectivity index (χ3n) is 20.8. The van der Waals surface area contributed by atoms with Crippen LogP contribution in [0.1, 0.15) is 92.9 Å². The predicted octanol–water partition coefficient (Wildman–Crippen LogP) is -3.84. The van der Waals surface area contributed by atoms with Crippen LogP contribution in [0.5, 0.6) is 0 Å². The molecular weight excluding hydrogens is 1010 g/mol. The first-order chi connectivity index (χ1) is 35.6. The molecule has 4 aliphatic heterocycles. The molecule has 28 atom stereocenters. The Labute approximate surface area is 441 Å². The van der Waals surface area contributed by atoms with E-state index in [2.05, 4.69) is 33.8 Å². The molecule has 4 saturated heterocycles. The molecule has 24 heteroatoms. The number of rotatable bonds is 11. The van der Waals surface area contributed by atoms with Crippen molar-refractivity contribution in [3.05, 3.63) is 11.6 Å². The first kappa shape index (κ1) is 59.0. The van der Waals surface area contributed by atoms with Crippen molar-refractivity contribution in [3.63, 3.8) is 0 Å². The quantitative estimate of drug-likeness (QED) is 0.0535. The molecular formula is C52H84O24. The second kappa shape index (κ2) is 21.3. The lowest BCUT2D eigenvalue weighted by atomic mass is 9.33. The molecule has 0 bridgehead atoms. The van der Waals surface area contributed by atoms with Gasteiger partial charge in [0.1, 0.15) is 78.7 Å². The fraction of sp³-hybridized carbons (Fsp3) is 0.942. The number of fused-ring (bicyclic) bond motifs is 7. The molecule has 8 fully saturated rings. The van der Waals surface area contributed by atoms with Crippen LogP contribution in [0.25, 0.3) is 0 Å². The monoisotopic (exact) mass is 1090 g/mol. The maximum Gasteiger partial charge on any atom is 0.317 e. The summed E-state index contributed by atoms with van der Waals surface area (Å²) in [6, 6.07) is 0. The number of aliphatic hydroxyl groups is 15. The molecule has 9 rings (SSSR count). The number of ether oxygens (including phenoxy) is 8. The largest absolute Gasteiger partial charge is 0.432 e. The van der Waals surface area contributed by atoms with Gasteiger partial charge in [-0.1, -0.05) is 46.3 Å². The van der Waals surface area contributed by atoms with Gasteiger partial charge in [-0.05, 0) is 97.7 Å². The summed E-state index contributed by atoms with van der Waals surface area (Å²) >= 11 is 0. The Morgan fingerprint density at radius 3 is 1.88 bits per heavy atom. The van der Waals surface area contributed by atoms with Crippen LogP contribution in [0.4, 0.5) is 0 Å². The van der Waals surface area contributed by atoms with Gasteiger partial charge in [0.05, 0.1) is 57.5 Å². The van der Waals surface area contributed by atoms with E-state index in [9.17, 15) is 76.6 Å². The Balaban J connectivity index is 0.971. The average molecular weight is 1090 g/mol. The molecule has 4 saturated carbocycles. The standard InChI is InChI=1S/C52H84O24/c1-21-39(73-42-36(65)31(60)25(57)17-69-42)35(64)38(67)43(71-21)74-40-32(61)26(58)18-70-45(40)76-46(68)52-12-11-47(2,3)13-23(52)22-7-8-28-48(4)14-24(56)41(75-44-37(66)34(63)33(62)27(16-53)72-44)51(19-54,20-55)29(48)9-10-49(28,5)50(22,6)15-30(52)59/h7,21,23-45,53-67H,8-20H2,1-6H3/t21-,23-,24-,25+,26-,27+,28+,29+,30?,31-,32-,33+,34-,35-,36+,37+,38+,39-,40+,41-,42-,43-,44-,45-,48+,49+,50?,52+/m0/s1. The highest BCUT2D eigenvalue weighted by Crippen LogP contribution is 2.76. The van der Waals surface area contributed by atoms with Crippen molar-refractivity contribution in [1.29, 1.82) is 0 Å². The lowest BCUT2D eigenvalue weighted by molar-refractivity contribution is -0.369. The summed E-state index contributed by atoms with van der Waals surface area (Å²) in [5, 5.41) is 165. The summed E-state index contributed by atoms with van der Waals surface area (Å²) in [7, 11) is 0. The Morgan fingerprint density at radius 1 is 0.618 bits per heavy atom. The maximum absolute atomic E-state index is 15.3. The topological polar surface area (TPSA) is 394 Å². The summed E-state index contributed by atoms with van der Waals surface area (Å²) in [6.45, 7) is 9.08. The Bertz CT molecular complexity index is 2090. The van der Waals surface area contributed by atoms with Crippen molar-refractivity contribution in [2.24, 2.45) is 50.2 Å². The van der Waals surface area contributed by atoms with Gasteiger partial charge in [0.25, 0.3) is 0 Å². The lowest BCUT2D eigenvalue weighted by Crippen LogP contribution is -2.71. The van der Waals surface area contributed by atoms with E-state index in [-0.39, 0.29) is 30.6 Å². The van der Waals surface area contributed by atoms with Crippen LogP contribution in [0.2, 0.25) is 0 Å². The molecule has 76 heavy (non-hydrogen) atoms. The highest BCUT2D eigenvalue weighted by atomic mass is 16.8. The SMILES string of the molecule is C[C@@H]1O[C@@H](O[C@H]2[C@H](OC(=O)[C@]34CCC(C)(C)C[C@H]3C3=CC[C@@H]5[C@@]6(C)C[C@H](O)[C@H](O[C@@H]7O[C@H](CO)[C@@H](O)[C@H](O)[C@H]7O)C(CO)(CO)[C@@H]6CC[C@@]5(C)C3(C)CC4O)OC[C@H](O)[C@@H]2O)[C@H](O)[C@H](O)[C@H]1O[C@@H]1OC[C@@H](O)[C@H](O)[C@H]1O. The molecule has 5 aliphatic carbocycles.